The third kappa shape index (κ3) is 7.26. The number of hydrogen-bond donors (Lipinski definition) is 0. The number of hydrogen-bond acceptors (Lipinski definition) is 6. The largest absolute Gasteiger partial charge is 0.494 e. The van der Waals surface area contributed by atoms with Crippen molar-refractivity contribution < 1.29 is 17.9 Å². The number of carbonyl (C=O) groups excluding carboxylic acids is 1. The lowest BCUT2D eigenvalue weighted by Gasteiger charge is -2.29. The van der Waals surface area contributed by atoms with Crippen LogP contribution in [0, 0.1) is 0 Å². The summed E-state index contributed by atoms with van der Waals surface area (Å²) in [4.78, 5) is 25.0. The highest BCUT2D eigenvalue weighted by molar-refractivity contribution is 7.91. The van der Waals surface area contributed by atoms with E-state index in [2.05, 4.69) is 4.98 Å². The quantitative estimate of drug-likeness (QED) is 0.166. The molecule has 1 amide bonds. The standard InChI is InChI=1S/C34H37N5O4S/c1-4-43-30-18-16-29(17-19-30)39-23-32(28-14-10-7-11-15-28)36-34(39)26(3)38(20-21-44(41,42)5-2)33(40)24-37-22-31(35-25-37)27-12-8-6-9-13-27/h6-19,22-23,25-26H,4-5,20-21,24H2,1-3H3/t26-/m1/s1. The number of sulfone groups is 1. The Hall–Kier alpha value is -4.70. The molecule has 44 heavy (non-hydrogen) atoms. The van der Waals surface area contributed by atoms with Gasteiger partial charge in [0.25, 0.3) is 0 Å². The van der Waals surface area contributed by atoms with Gasteiger partial charge in [0.2, 0.25) is 5.91 Å². The fourth-order valence-corrected chi connectivity index (χ4v) is 5.78. The second-order valence-corrected chi connectivity index (χ2v) is 12.9. The highest BCUT2D eigenvalue weighted by atomic mass is 32.2. The van der Waals surface area contributed by atoms with Gasteiger partial charge in [0.1, 0.15) is 18.1 Å². The number of benzene rings is 3. The molecule has 5 aromatic rings. The number of ether oxygens (including phenoxy) is 1. The zero-order chi connectivity index (χ0) is 31.1. The maximum absolute atomic E-state index is 13.9. The lowest BCUT2D eigenvalue weighted by Crippen LogP contribution is -2.40. The molecule has 0 fully saturated rings. The Morgan fingerprint density at radius 3 is 2.14 bits per heavy atom. The highest BCUT2D eigenvalue weighted by Gasteiger charge is 2.28. The molecule has 1 atom stereocenters. The summed E-state index contributed by atoms with van der Waals surface area (Å²) in [5, 5.41) is 0. The van der Waals surface area contributed by atoms with Gasteiger partial charge in [0.15, 0.2) is 9.84 Å². The Morgan fingerprint density at radius 1 is 0.886 bits per heavy atom. The Morgan fingerprint density at radius 2 is 1.52 bits per heavy atom. The molecule has 0 bridgehead atoms. The summed E-state index contributed by atoms with van der Waals surface area (Å²) in [6, 6.07) is 26.7. The van der Waals surface area contributed by atoms with E-state index in [1.807, 2.05) is 116 Å². The van der Waals surface area contributed by atoms with E-state index in [0.717, 1.165) is 34.0 Å². The molecular weight excluding hydrogens is 574 g/mol. The van der Waals surface area contributed by atoms with Gasteiger partial charge in [-0.25, -0.2) is 18.4 Å². The van der Waals surface area contributed by atoms with Gasteiger partial charge in [-0.15, -0.1) is 0 Å². The average molecular weight is 612 g/mol. The van der Waals surface area contributed by atoms with Crippen molar-refractivity contribution in [2.75, 3.05) is 24.7 Å². The van der Waals surface area contributed by atoms with E-state index in [-0.39, 0.29) is 30.5 Å². The van der Waals surface area contributed by atoms with Gasteiger partial charge in [-0.3, -0.25) is 4.79 Å². The fraction of sp³-hybridized carbons (Fsp3) is 0.265. The van der Waals surface area contributed by atoms with Crippen LogP contribution in [0.3, 0.4) is 0 Å². The van der Waals surface area contributed by atoms with Crippen molar-refractivity contribution >= 4 is 15.7 Å². The minimum atomic E-state index is -3.33. The first-order valence-corrected chi connectivity index (χ1v) is 16.5. The maximum Gasteiger partial charge on any atom is 0.243 e. The van der Waals surface area contributed by atoms with E-state index < -0.39 is 15.9 Å². The second kappa shape index (κ2) is 13.7. The van der Waals surface area contributed by atoms with E-state index in [4.69, 9.17) is 9.72 Å². The molecule has 0 aliphatic heterocycles. The molecule has 10 heteroatoms. The van der Waals surface area contributed by atoms with Gasteiger partial charge in [0, 0.05) is 41.5 Å². The van der Waals surface area contributed by atoms with Crippen LogP contribution < -0.4 is 4.74 Å². The van der Waals surface area contributed by atoms with Crippen LogP contribution in [0.25, 0.3) is 28.2 Å². The first-order chi connectivity index (χ1) is 21.3. The van der Waals surface area contributed by atoms with Crippen LogP contribution in [0.5, 0.6) is 5.75 Å². The molecule has 0 aliphatic carbocycles. The molecule has 0 unspecified atom stereocenters. The van der Waals surface area contributed by atoms with Crippen LogP contribution in [0.1, 0.15) is 32.6 Å². The molecule has 9 nitrogen and oxygen atoms in total. The van der Waals surface area contributed by atoms with Crippen LogP contribution in [-0.4, -0.2) is 63.0 Å². The summed E-state index contributed by atoms with van der Waals surface area (Å²) in [6.07, 6.45) is 5.40. The first kappa shape index (κ1) is 30.7. The third-order valence-corrected chi connectivity index (χ3v) is 9.18. The van der Waals surface area contributed by atoms with Gasteiger partial charge in [-0.1, -0.05) is 67.6 Å². The molecule has 5 rings (SSSR count). The van der Waals surface area contributed by atoms with Crippen LogP contribution in [0.15, 0.2) is 104 Å². The van der Waals surface area contributed by atoms with Crippen LogP contribution in [0.2, 0.25) is 0 Å². The lowest BCUT2D eigenvalue weighted by atomic mass is 10.2. The second-order valence-electron chi connectivity index (χ2n) is 10.4. The van der Waals surface area contributed by atoms with Crippen LogP contribution >= 0.6 is 0 Å². The zero-order valence-electron chi connectivity index (χ0n) is 25.2. The summed E-state index contributed by atoms with van der Waals surface area (Å²) in [5.41, 5.74) is 4.23. The molecule has 228 valence electrons. The number of nitrogens with zero attached hydrogens (tertiary/aromatic N) is 5. The summed E-state index contributed by atoms with van der Waals surface area (Å²) in [5.74, 6) is 0.999. The number of aromatic nitrogens is 4. The molecule has 2 heterocycles. The van der Waals surface area contributed by atoms with E-state index in [9.17, 15) is 13.2 Å². The molecule has 2 aromatic heterocycles. The van der Waals surface area contributed by atoms with Gasteiger partial charge in [-0.2, -0.15) is 0 Å². The topological polar surface area (TPSA) is 99.3 Å². The lowest BCUT2D eigenvalue weighted by molar-refractivity contribution is -0.133. The smallest absolute Gasteiger partial charge is 0.243 e. The summed E-state index contributed by atoms with van der Waals surface area (Å²) < 4.78 is 34.5. The SMILES string of the molecule is CCOc1ccc(-n2cc(-c3ccccc3)nc2[C@@H](C)N(CCS(=O)(=O)CC)C(=O)Cn2cnc(-c3ccccc3)c2)cc1. The summed E-state index contributed by atoms with van der Waals surface area (Å²) in [6.45, 7) is 6.05. The number of rotatable bonds is 13. The van der Waals surface area contributed by atoms with Crippen molar-refractivity contribution in [3.8, 4) is 34.0 Å². The molecule has 0 spiro atoms. The van der Waals surface area contributed by atoms with Gasteiger partial charge >= 0.3 is 0 Å². The van der Waals surface area contributed by atoms with Crippen molar-refractivity contribution in [1.29, 1.82) is 0 Å². The Bertz CT molecular complexity index is 1780. The van der Waals surface area contributed by atoms with Gasteiger partial charge in [0.05, 0.1) is 36.1 Å². The summed E-state index contributed by atoms with van der Waals surface area (Å²) >= 11 is 0. The molecule has 0 aliphatic rings. The summed E-state index contributed by atoms with van der Waals surface area (Å²) in [7, 11) is -3.33. The van der Waals surface area contributed by atoms with E-state index >= 15 is 0 Å². The predicted octanol–water partition coefficient (Wildman–Crippen LogP) is 5.83. The molecule has 0 saturated carbocycles. The number of amides is 1. The van der Waals surface area contributed by atoms with Crippen molar-refractivity contribution in [1.82, 2.24) is 24.0 Å². The van der Waals surface area contributed by atoms with Crippen LogP contribution in [-0.2, 0) is 21.2 Å². The number of imidazole rings is 2. The molecular formula is C34H37N5O4S. The fourth-order valence-electron chi connectivity index (χ4n) is 5.02. The third-order valence-electron chi connectivity index (χ3n) is 7.49. The van der Waals surface area contributed by atoms with Crippen molar-refractivity contribution in [3.63, 3.8) is 0 Å². The van der Waals surface area contributed by atoms with E-state index in [1.54, 1.807) is 22.7 Å². The highest BCUT2D eigenvalue weighted by Crippen LogP contribution is 2.29. The van der Waals surface area contributed by atoms with Gasteiger partial charge < -0.3 is 18.8 Å². The van der Waals surface area contributed by atoms with E-state index in [1.165, 1.54) is 0 Å². The maximum atomic E-state index is 13.9. The van der Waals surface area contributed by atoms with Gasteiger partial charge in [-0.05, 0) is 38.1 Å². The van der Waals surface area contributed by atoms with Crippen LogP contribution in [0.4, 0.5) is 0 Å². The molecule has 0 radical (unpaired) electrons. The molecule has 0 saturated heterocycles. The molecule has 3 aromatic carbocycles. The van der Waals surface area contributed by atoms with Crippen molar-refractivity contribution in [2.24, 2.45) is 0 Å². The minimum Gasteiger partial charge on any atom is -0.494 e. The number of carbonyl (C=O) groups is 1. The van der Waals surface area contributed by atoms with Crippen molar-refractivity contribution in [3.05, 3.63) is 109 Å². The average Bonchev–Trinajstić information content (AvgIpc) is 3.70. The van der Waals surface area contributed by atoms with Crippen molar-refractivity contribution in [2.45, 2.75) is 33.4 Å². The Balaban J connectivity index is 1.50. The predicted molar refractivity (Wildman–Crippen MR) is 172 cm³/mol. The molecule has 0 N–H and O–H groups in total. The minimum absolute atomic E-state index is 0.00430. The monoisotopic (exact) mass is 611 g/mol. The first-order valence-electron chi connectivity index (χ1n) is 14.7. The zero-order valence-corrected chi connectivity index (χ0v) is 26.0. The normalized spacial score (nSPS) is 12.2. The van der Waals surface area contributed by atoms with E-state index in [0.29, 0.717) is 12.4 Å². The Labute approximate surface area is 258 Å². The Kier molecular flexibility index (Phi) is 9.59.